The van der Waals surface area contributed by atoms with Gasteiger partial charge >= 0.3 is 26.2 Å². The van der Waals surface area contributed by atoms with Crippen molar-refractivity contribution in [3.05, 3.63) is 45.6 Å². The van der Waals surface area contributed by atoms with Crippen LogP contribution in [0.4, 0.5) is 0 Å². The fraction of sp³-hybridized carbons (Fsp3) is 0.600. The quantitative estimate of drug-likeness (QED) is 0.414. The molecule has 0 bridgehead atoms. The SMILES string of the molecule is CC1=[C-]C(C)([Si](C)(C)C2(C)[C-]=C(C)C(C)=C2C)C(C)=C1C.[Cl-].[Cl-].[Zr+4]. The maximum Gasteiger partial charge on any atom is 4.00 e. The Morgan fingerprint density at radius 2 is 0.917 bits per heavy atom. The van der Waals surface area contributed by atoms with Crippen molar-refractivity contribution in [3.63, 3.8) is 0 Å². The van der Waals surface area contributed by atoms with Gasteiger partial charge in [0, 0.05) is 8.07 Å². The van der Waals surface area contributed by atoms with Crippen molar-refractivity contribution < 1.29 is 51.0 Å². The summed E-state index contributed by atoms with van der Waals surface area (Å²) in [6, 6.07) is 0. The third-order valence-corrected chi connectivity index (χ3v) is 13.1. The molecule has 2 aliphatic rings. The van der Waals surface area contributed by atoms with Crippen molar-refractivity contribution in [2.24, 2.45) is 0 Å². The van der Waals surface area contributed by atoms with Gasteiger partial charge < -0.3 is 24.8 Å². The summed E-state index contributed by atoms with van der Waals surface area (Å²) in [6.07, 6.45) is 7.71. The first-order valence-corrected chi connectivity index (χ1v) is 11.0. The molecule has 0 heterocycles. The van der Waals surface area contributed by atoms with Crippen LogP contribution < -0.4 is 24.8 Å². The van der Waals surface area contributed by atoms with Gasteiger partial charge in [-0.3, -0.25) is 12.2 Å². The largest absolute Gasteiger partial charge is 4.00 e. The first-order chi connectivity index (χ1) is 9.40. The van der Waals surface area contributed by atoms with Gasteiger partial charge in [0.2, 0.25) is 0 Å². The summed E-state index contributed by atoms with van der Waals surface area (Å²) in [5.41, 5.74) is 8.62. The van der Waals surface area contributed by atoms with Crippen LogP contribution in [-0.2, 0) is 26.2 Å². The summed E-state index contributed by atoms with van der Waals surface area (Å²) in [6.45, 7) is 23.4. The Labute approximate surface area is 182 Å². The third-order valence-electron chi connectivity index (χ3n) is 7.12. The van der Waals surface area contributed by atoms with E-state index in [2.05, 4.69) is 80.6 Å². The third kappa shape index (κ3) is 3.30. The van der Waals surface area contributed by atoms with E-state index in [0.717, 1.165) is 0 Å². The number of halogens is 2. The predicted molar refractivity (Wildman–Crippen MR) is 95.8 cm³/mol. The molecular formula is C20H30Cl2SiZr. The maximum absolute atomic E-state index is 3.85. The normalized spacial score (nSPS) is 29.6. The average Bonchev–Trinajstić information content (AvgIpc) is 2.72. The average molecular weight is 461 g/mol. The van der Waals surface area contributed by atoms with Crippen LogP contribution in [0, 0.1) is 12.2 Å². The van der Waals surface area contributed by atoms with E-state index < -0.39 is 8.07 Å². The van der Waals surface area contributed by atoms with Gasteiger partial charge in [-0.15, -0.1) is 13.8 Å². The molecule has 0 amide bonds. The molecule has 0 aliphatic heterocycles. The number of hydrogen-bond donors (Lipinski definition) is 0. The molecule has 0 aromatic carbocycles. The van der Waals surface area contributed by atoms with E-state index in [4.69, 9.17) is 0 Å². The van der Waals surface area contributed by atoms with Crippen LogP contribution in [0.3, 0.4) is 0 Å². The van der Waals surface area contributed by atoms with Gasteiger partial charge in [-0.1, -0.05) is 64.7 Å². The molecule has 4 heteroatoms. The van der Waals surface area contributed by atoms with Crippen molar-refractivity contribution in [2.75, 3.05) is 0 Å². The second kappa shape index (κ2) is 8.12. The fourth-order valence-corrected chi connectivity index (χ4v) is 8.44. The van der Waals surface area contributed by atoms with Gasteiger partial charge in [0.05, 0.1) is 0 Å². The van der Waals surface area contributed by atoms with E-state index >= 15 is 0 Å². The summed E-state index contributed by atoms with van der Waals surface area (Å²) < 4.78 is 0. The maximum atomic E-state index is 3.85. The van der Waals surface area contributed by atoms with Gasteiger partial charge in [0.25, 0.3) is 0 Å². The second-order valence-electron chi connectivity index (χ2n) is 7.88. The molecule has 2 unspecified atom stereocenters. The molecule has 0 nitrogen and oxygen atoms in total. The number of rotatable bonds is 2. The summed E-state index contributed by atoms with van der Waals surface area (Å²) >= 11 is 0. The van der Waals surface area contributed by atoms with E-state index in [-0.39, 0.29) is 61.1 Å². The minimum atomic E-state index is -1.76. The molecule has 132 valence electrons. The summed E-state index contributed by atoms with van der Waals surface area (Å²) in [4.78, 5) is 0. The van der Waals surface area contributed by atoms with Crippen LogP contribution in [0.15, 0.2) is 33.4 Å². The Kier molecular flexibility index (Phi) is 9.08. The standard InChI is InChI=1S/C20H30Si.2ClH.Zr/c1-13-11-19(7,17(5)15(13)3)21(9,10)20(8)12-14(2)16(4)18(20)6;;;/h1-10H3;2*1H;/q-2;;;+4/p-2. The van der Waals surface area contributed by atoms with Crippen molar-refractivity contribution >= 4 is 8.07 Å². The van der Waals surface area contributed by atoms with E-state index in [1.807, 2.05) is 0 Å². The molecule has 0 spiro atoms. The molecule has 0 radical (unpaired) electrons. The Hall–Kier alpha value is 0.640. The van der Waals surface area contributed by atoms with Crippen LogP contribution in [-0.4, -0.2) is 8.07 Å². The zero-order valence-corrected chi connectivity index (χ0v) is 21.7. The number of allylic oxidation sites excluding steroid dienone is 8. The number of hydrogen-bond acceptors (Lipinski definition) is 0. The molecule has 0 saturated carbocycles. The molecule has 2 aliphatic carbocycles. The minimum absolute atomic E-state index is 0. The molecule has 2 atom stereocenters. The fourth-order valence-electron chi connectivity index (χ4n) is 4.19. The van der Waals surface area contributed by atoms with E-state index in [9.17, 15) is 0 Å². The summed E-state index contributed by atoms with van der Waals surface area (Å²) in [5.74, 6) is 0. The predicted octanol–water partition coefficient (Wildman–Crippen LogP) is 0.420. The van der Waals surface area contributed by atoms with Crippen LogP contribution in [0.25, 0.3) is 0 Å². The van der Waals surface area contributed by atoms with Gasteiger partial charge in [-0.05, 0) is 0 Å². The van der Waals surface area contributed by atoms with Crippen molar-refractivity contribution in [1.29, 1.82) is 0 Å². The van der Waals surface area contributed by atoms with Gasteiger partial charge in [0.15, 0.2) is 0 Å². The second-order valence-corrected chi connectivity index (χ2v) is 13.1. The zero-order chi connectivity index (χ0) is 16.4. The first kappa shape index (κ1) is 26.9. The summed E-state index contributed by atoms with van der Waals surface area (Å²) in [5, 5.41) is 0.185. The molecule has 24 heavy (non-hydrogen) atoms. The molecule has 0 aromatic rings. The summed E-state index contributed by atoms with van der Waals surface area (Å²) in [7, 11) is -1.76. The van der Waals surface area contributed by atoms with Crippen LogP contribution >= 0.6 is 0 Å². The van der Waals surface area contributed by atoms with Crippen molar-refractivity contribution in [1.82, 2.24) is 0 Å². The Morgan fingerprint density at radius 1 is 0.667 bits per heavy atom. The van der Waals surface area contributed by atoms with Gasteiger partial charge in [0.1, 0.15) is 0 Å². The molecule has 0 fully saturated rings. The van der Waals surface area contributed by atoms with Gasteiger partial charge in [-0.2, -0.15) is 22.3 Å². The van der Waals surface area contributed by atoms with E-state index in [0.29, 0.717) is 0 Å². The van der Waals surface area contributed by atoms with Crippen molar-refractivity contribution in [3.8, 4) is 0 Å². The topological polar surface area (TPSA) is 0 Å². The van der Waals surface area contributed by atoms with Gasteiger partial charge in [-0.25, -0.2) is 11.1 Å². The van der Waals surface area contributed by atoms with Crippen molar-refractivity contribution in [2.45, 2.75) is 78.6 Å². The molecule has 2 rings (SSSR count). The Balaban J connectivity index is 0. The molecule has 0 saturated heterocycles. The van der Waals surface area contributed by atoms with E-state index in [1.54, 1.807) is 0 Å². The van der Waals surface area contributed by atoms with Crippen LogP contribution in [0.5, 0.6) is 0 Å². The Morgan fingerprint density at radius 3 is 1.08 bits per heavy atom. The van der Waals surface area contributed by atoms with E-state index in [1.165, 1.54) is 33.4 Å². The Bertz CT molecular complexity index is 586. The monoisotopic (exact) mass is 458 g/mol. The zero-order valence-electron chi connectivity index (χ0n) is 16.8. The van der Waals surface area contributed by atoms with Crippen LogP contribution in [0.2, 0.25) is 23.2 Å². The molecule has 0 aromatic heterocycles. The van der Waals surface area contributed by atoms with Crippen LogP contribution in [0.1, 0.15) is 55.4 Å². The minimum Gasteiger partial charge on any atom is -1.00 e. The molecule has 0 N–H and O–H groups in total. The first-order valence-electron chi connectivity index (χ1n) is 8.00. The molecular weight excluding hydrogens is 430 g/mol. The smallest absolute Gasteiger partial charge is 1.00 e.